The first kappa shape index (κ1) is 25.0. The quantitative estimate of drug-likeness (QED) is 0.502. The molecule has 36 heavy (non-hydrogen) atoms. The van der Waals surface area contributed by atoms with E-state index in [1.165, 1.54) is 5.56 Å². The first-order chi connectivity index (χ1) is 17.3. The molecule has 5 rings (SSSR count). The van der Waals surface area contributed by atoms with Gasteiger partial charge in [-0.05, 0) is 43.0 Å². The zero-order valence-electron chi connectivity index (χ0n) is 21.6. The summed E-state index contributed by atoms with van der Waals surface area (Å²) in [6.07, 6.45) is 5.35. The molecule has 4 heterocycles. The Morgan fingerprint density at radius 2 is 1.86 bits per heavy atom. The number of hydrogen-bond acceptors (Lipinski definition) is 8. The fourth-order valence-electron chi connectivity index (χ4n) is 5.57. The van der Waals surface area contributed by atoms with E-state index >= 15 is 0 Å². The second-order valence-corrected chi connectivity index (χ2v) is 10.8. The van der Waals surface area contributed by atoms with Gasteiger partial charge in [0.15, 0.2) is 5.82 Å². The van der Waals surface area contributed by atoms with Gasteiger partial charge in [-0.3, -0.25) is 4.98 Å². The van der Waals surface area contributed by atoms with Gasteiger partial charge in [0.2, 0.25) is 0 Å². The highest BCUT2D eigenvalue weighted by Gasteiger charge is 2.55. The third kappa shape index (κ3) is 4.70. The normalized spacial score (nSPS) is 20.3. The van der Waals surface area contributed by atoms with E-state index in [2.05, 4.69) is 60.0 Å². The monoisotopic (exact) mass is 492 g/mol. The molecule has 8 nitrogen and oxygen atoms in total. The van der Waals surface area contributed by atoms with E-state index in [-0.39, 0.29) is 18.1 Å². The van der Waals surface area contributed by atoms with Crippen LogP contribution in [0.2, 0.25) is 0 Å². The van der Waals surface area contributed by atoms with Crippen LogP contribution in [0.3, 0.4) is 0 Å². The molecule has 1 atom stereocenters. The lowest BCUT2D eigenvalue weighted by Gasteiger charge is -2.55. The molecule has 0 spiro atoms. The van der Waals surface area contributed by atoms with Crippen molar-refractivity contribution in [1.82, 2.24) is 20.0 Å². The van der Waals surface area contributed by atoms with Crippen molar-refractivity contribution in [2.75, 3.05) is 33.4 Å². The summed E-state index contributed by atoms with van der Waals surface area (Å²) in [7, 11) is 2.07. The Bertz CT molecular complexity index is 1170. The lowest BCUT2D eigenvalue weighted by atomic mass is 9.62. The van der Waals surface area contributed by atoms with Gasteiger partial charge in [0.1, 0.15) is 12.2 Å². The van der Waals surface area contributed by atoms with Gasteiger partial charge in [-0.15, -0.1) is 0 Å². The van der Waals surface area contributed by atoms with E-state index in [0.29, 0.717) is 28.8 Å². The number of ether oxygens (including phenoxy) is 2. The van der Waals surface area contributed by atoms with Crippen LogP contribution in [0.5, 0.6) is 0 Å². The smallest absolute Gasteiger partial charge is 0.259 e. The maximum absolute atomic E-state index is 12.4. The van der Waals surface area contributed by atoms with Crippen molar-refractivity contribution in [3.05, 3.63) is 65.2 Å². The molecule has 2 fully saturated rings. The summed E-state index contributed by atoms with van der Waals surface area (Å²) in [6, 6.07) is 10.2. The summed E-state index contributed by atoms with van der Waals surface area (Å²) in [5.74, 6) is 1.28. The molecule has 2 aliphatic rings. The topological polar surface area (TPSA) is 93.7 Å². The van der Waals surface area contributed by atoms with Crippen LogP contribution in [0.1, 0.15) is 62.0 Å². The number of hydrogen-bond donors (Lipinski definition) is 1. The number of aliphatic hydroxyl groups is 1. The van der Waals surface area contributed by atoms with E-state index in [1.807, 2.05) is 18.2 Å². The maximum Gasteiger partial charge on any atom is 0.259 e. The van der Waals surface area contributed by atoms with Crippen molar-refractivity contribution in [3.63, 3.8) is 0 Å². The van der Waals surface area contributed by atoms with Crippen LogP contribution in [0.25, 0.3) is 11.5 Å². The molecule has 2 aliphatic heterocycles. The van der Waals surface area contributed by atoms with Crippen molar-refractivity contribution < 1.29 is 19.1 Å². The number of pyridine rings is 1. The molecule has 1 N–H and O–H groups in total. The average molecular weight is 493 g/mol. The average Bonchev–Trinajstić information content (AvgIpc) is 3.36. The second kappa shape index (κ2) is 10.0. The Morgan fingerprint density at radius 3 is 2.53 bits per heavy atom. The summed E-state index contributed by atoms with van der Waals surface area (Å²) >= 11 is 0. The van der Waals surface area contributed by atoms with Crippen molar-refractivity contribution >= 4 is 0 Å². The largest absolute Gasteiger partial charge is 0.381 e. The van der Waals surface area contributed by atoms with Gasteiger partial charge < -0.3 is 24.0 Å². The Hall–Kier alpha value is -2.65. The van der Waals surface area contributed by atoms with Crippen molar-refractivity contribution in [2.24, 2.45) is 5.41 Å². The predicted octanol–water partition coefficient (Wildman–Crippen LogP) is 4.14. The fourth-order valence-corrected chi connectivity index (χ4v) is 5.57. The third-order valence-corrected chi connectivity index (χ3v) is 7.59. The van der Waals surface area contributed by atoms with Crippen molar-refractivity contribution in [1.29, 1.82) is 0 Å². The zero-order valence-corrected chi connectivity index (χ0v) is 21.6. The minimum Gasteiger partial charge on any atom is -0.381 e. The lowest BCUT2D eigenvalue weighted by molar-refractivity contribution is -0.127. The number of likely N-dealkylation sites (tertiary alicyclic amines) is 1. The van der Waals surface area contributed by atoms with E-state index in [4.69, 9.17) is 14.0 Å². The van der Waals surface area contributed by atoms with Crippen molar-refractivity contribution in [2.45, 2.75) is 57.8 Å². The second-order valence-electron chi connectivity index (χ2n) is 10.8. The highest BCUT2D eigenvalue weighted by Crippen LogP contribution is 2.50. The standard InChI is InChI=1S/C28H36N4O4/c1-19(2)20-5-7-22(8-6-20)28(33,27(3)17-32(4)18-27)23-13-21(14-29-15-23)26-30-25(31-36-26)16-35-24-9-11-34-12-10-24/h5-8,13-15,19,24,33H,9-12,16-18H2,1-4H3. The highest BCUT2D eigenvalue weighted by atomic mass is 16.5. The third-order valence-electron chi connectivity index (χ3n) is 7.59. The summed E-state index contributed by atoms with van der Waals surface area (Å²) in [5, 5.41) is 16.5. The molecule has 0 saturated carbocycles. The van der Waals surface area contributed by atoms with E-state index in [0.717, 1.165) is 44.7 Å². The maximum atomic E-state index is 12.4. The molecule has 0 aliphatic carbocycles. The van der Waals surface area contributed by atoms with Crippen LogP contribution >= 0.6 is 0 Å². The molecule has 8 heteroatoms. The molecular formula is C28H36N4O4. The molecule has 0 radical (unpaired) electrons. The van der Waals surface area contributed by atoms with Crippen LogP contribution in [-0.4, -0.2) is 64.6 Å². The van der Waals surface area contributed by atoms with Gasteiger partial charge in [0, 0.05) is 49.7 Å². The number of rotatable bonds is 8. The van der Waals surface area contributed by atoms with Crippen LogP contribution in [-0.2, 0) is 21.7 Å². The summed E-state index contributed by atoms with van der Waals surface area (Å²) in [6.45, 7) is 9.75. The summed E-state index contributed by atoms with van der Waals surface area (Å²) in [5.41, 5.74) is 1.88. The molecule has 1 unspecified atom stereocenters. The first-order valence-corrected chi connectivity index (χ1v) is 12.8. The fraction of sp³-hybridized carbons (Fsp3) is 0.536. The van der Waals surface area contributed by atoms with Crippen LogP contribution < -0.4 is 0 Å². The highest BCUT2D eigenvalue weighted by molar-refractivity contribution is 5.55. The molecule has 3 aromatic rings. The summed E-state index contributed by atoms with van der Waals surface area (Å²) in [4.78, 5) is 11.2. The van der Waals surface area contributed by atoms with Crippen LogP contribution in [0.15, 0.2) is 47.2 Å². The van der Waals surface area contributed by atoms with Gasteiger partial charge in [-0.1, -0.05) is 50.2 Å². The molecule has 0 bridgehead atoms. The minimum atomic E-state index is -1.23. The number of benzene rings is 1. The van der Waals surface area contributed by atoms with Crippen molar-refractivity contribution in [3.8, 4) is 11.5 Å². The molecule has 1 aromatic carbocycles. The van der Waals surface area contributed by atoms with E-state index in [9.17, 15) is 5.11 Å². The Labute approximate surface area is 212 Å². The summed E-state index contributed by atoms with van der Waals surface area (Å²) < 4.78 is 16.9. The lowest BCUT2D eigenvalue weighted by Crippen LogP contribution is -2.63. The molecule has 0 amide bonds. The van der Waals surface area contributed by atoms with Gasteiger partial charge in [0.05, 0.1) is 11.7 Å². The van der Waals surface area contributed by atoms with Gasteiger partial charge >= 0.3 is 0 Å². The Kier molecular flexibility index (Phi) is 6.96. The molecular weight excluding hydrogens is 456 g/mol. The van der Waals surface area contributed by atoms with Gasteiger partial charge in [0.25, 0.3) is 5.89 Å². The van der Waals surface area contributed by atoms with Gasteiger partial charge in [-0.2, -0.15) is 4.98 Å². The molecule has 192 valence electrons. The molecule has 2 saturated heterocycles. The van der Waals surface area contributed by atoms with Crippen LogP contribution in [0, 0.1) is 5.41 Å². The SMILES string of the molecule is CC(C)c1ccc(C(O)(c2cncc(-c3nc(COC4CCOCC4)no3)c2)C2(C)CN(C)C2)cc1. The predicted molar refractivity (Wildman–Crippen MR) is 135 cm³/mol. The molecule has 2 aromatic heterocycles. The van der Waals surface area contributed by atoms with E-state index < -0.39 is 5.60 Å². The zero-order chi connectivity index (χ0) is 25.3. The van der Waals surface area contributed by atoms with Crippen LogP contribution in [0.4, 0.5) is 0 Å². The van der Waals surface area contributed by atoms with Gasteiger partial charge in [-0.25, -0.2) is 0 Å². The Balaban J connectivity index is 1.43. The van der Waals surface area contributed by atoms with E-state index in [1.54, 1.807) is 12.4 Å². The Morgan fingerprint density at radius 1 is 1.14 bits per heavy atom. The minimum absolute atomic E-state index is 0.157. The first-order valence-electron chi connectivity index (χ1n) is 12.8. The number of aromatic nitrogens is 3. The number of nitrogens with zero attached hydrogens (tertiary/aromatic N) is 4.